The normalized spacial score (nSPS) is 18.2. The highest BCUT2D eigenvalue weighted by Gasteiger charge is 2.32. The molecule has 32 heavy (non-hydrogen) atoms. The maximum atomic E-state index is 13.3. The minimum absolute atomic E-state index is 0.144. The second-order valence-corrected chi connectivity index (χ2v) is 8.28. The predicted octanol–water partition coefficient (Wildman–Crippen LogP) is 3.44. The lowest BCUT2D eigenvalue weighted by molar-refractivity contribution is -0.133. The van der Waals surface area contributed by atoms with Crippen molar-refractivity contribution < 1.29 is 23.7 Å². The van der Waals surface area contributed by atoms with Gasteiger partial charge in [0.05, 0.1) is 35.0 Å². The van der Waals surface area contributed by atoms with Crippen molar-refractivity contribution in [3.63, 3.8) is 0 Å². The molecule has 2 aromatic rings. The molecule has 0 spiro atoms. The third-order valence-corrected chi connectivity index (χ3v) is 6.57. The molecule has 1 atom stereocenters. The Morgan fingerprint density at radius 1 is 0.906 bits per heavy atom. The maximum Gasteiger partial charge on any atom is 0.237 e. The number of carbonyl (C=O) groups excluding carboxylic acids is 1. The maximum absolute atomic E-state index is 13.3. The lowest BCUT2D eigenvalue weighted by Crippen LogP contribution is -2.42. The van der Waals surface area contributed by atoms with Crippen molar-refractivity contribution in [2.24, 2.45) is 0 Å². The summed E-state index contributed by atoms with van der Waals surface area (Å²) in [5.41, 5.74) is 3.42. The molecule has 1 amide bonds. The van der Waals surface area contributed by atoms with Crippen molar-refractivity contribution in [2.45, 2.75) is 31.8 Å². The third kappa shape index (κ3) is 4.35. The third-order valence-electron chi connectivity index (χ3n) is 6.57. The van der Waals surface area contributed by atoms with Crippen LogP contribution in [0.2, 0.25) is 0 Å². The highest BCUT2D eigenvalue weighted by Crippen LogP contribution is 2.39. The molecule has 2 aromatic carbocycles. The minimum Gasteiger partial charge on any atom is -0.497 e. The summed E-state index contributed by atoms with van der Waals surface area (Å²) >= 11 is 0. The topological polar surface area (TPSA) is 60.5 Å². The molecule has 1 unspecified atom stereocenters. The number of carbonyl (C=O) groups is 1. The summed E-state index contributed by atoms with van der Waals surface area (Å²) < 4.78 is 21.9. The van der Waals surface area contributed by atoms with Crippen LogP contribution in [0.3, 0.4) is 0 Å². The summed E-state index contributed by atoms with van der Waals surface area (Å²) in [6.07, 6.45) is 2.86. The average Bonchev–Trinajstić information content (AvgIpc) is 3.29. The summed E-state index contributed by atoms with van der Waals surface area (Å²) in [5.74, 6) is 3.22. The second-order valence-electron chi connectivity index (χ2n) is 8.28. The summed E-state index contributed by atoms with van der Waals surface area (Å²) in [7, 11) is 6.63. The van der Waals surface area contributed by atoms with Gasteiger partial charge in [0, 0.05) is 24.7 Å². The average molecular weight is 441 g/mol. The van der Waals surface area contributed by atoms with Gasteiger partial charge in [0.2, 0.25) is 5.91 Å². The van der Waals surface area contributed by atoms with Crippen molar-refractivity contribution in [3.8, 4) is 23.0 Å². The SMILES string of the molecule is COc1ccc(OC)c(C2CCCN2CC(=O)N2CCc3cc(OC)c(OC)cc3C2)c1. The lowest BCUT2D eigenvalue weighted by Gasteiger charge is -2.32. The predicted molar refractivity (Wildman–Crippen MR) is 122 cm³/mol. The van der Waals surface area contributed by atoms with Crippen LogP contribution in [0.4, 0.5) is 0 Å². The van der Waals surface area contributed by atoms with Gasteiger partial charge in [-0.15, -0.1) is 0 Å². The number of hydrogen-bond acceptors (Lipinski definition) is 6. The molecule has 2 aliphatic rings. The Hall–Kier alpha value is -2.93. The number of methoxy groups -OCH3 is 4. The molecule has 0 aromatic heterocycles. The van der Waals surface area contributed by atoms with Crippen molar-refractivity contribution in [1.82, 2.24) is 9.80 Å². The van der Waals surface area contributed by atoms with Crippen molar-refractivity contribution in [3.05, 3.63) is 47.0 Å². The first-order chi connectivity index (χ1) is 15.6. The first-order valence-corrected chi connectivity index (χ1v) is 11.1. The number of benzene rings is 2. The van der Waals surface area contributed by atoms with Crippen LogP contribution in [0.1, 0.15) is 35.6 Å². The molecule has 2 heterocycles. The Balaban J connectivity index is 1.48. The number of nitrogens with zero attached hydrogens (tertiary/aromatic N) is 2. The van der Waals surface area contributed by atoms with Crippen LogP contribution in [0.25, 0.3) is 0 Å². The Kier molecular flexibility index (Phi) is 6.74. The van der Waals surface area contributed by atoms with Gasteiger partial charge in [-0.2, -0.15) is 0 Å². The standard InChI is InChI=1S/C25H32N2O5/c1-29-19-7-8-22(30-2)20(14-19)21-6-5-10-26(21)16-25(28)27-11-9-17-12-23(31-3)24(32-4)13-18(17)15-27/h7-8,12-14,21H,5-6,9-11,15-16H2,1-4H3. The van der Waals surface area contributed by atoms with Crippen LogP contribution in [0.15, 0.2) is 30.3 Å². The fourth-order valence-corrected chi connectivity index (χ4v) is 4.84. The van der Waals surface area contributed by atoms with Gasteiger partial charge < -0.3 is 23.8 Å². The van der Waals surface area contributed by atoms with E-state index in [0.717, 1.165) is 54.2 Å². The van der Waals surface area contributed by atoms with Gasteiger partial charge in [0.25, 0.3) is 0 Å². The smallest absolute Gasteiger partial charge is 0.237 e. The van der Waals surface area contributed by atoms with E-state index in [9.17, 15) is 4.79 Å². The number of ether oxygens (including phenoxy) is 4. The van der Waals surface area contributed by atoms with Gasteiger partial charge >= 0.3 is 0 Å². The molecule has 1 saturated heterocycles. The van der Waals surface area contributed by atoms with E-state index in [1.54, 1.807) is 28.4 Å². The number of likely N-dealkylation sites (tertiary alicyclic amines) is 1. The van der Waals surface area contributed by atoms with Gasteiger partial charge in [-0.05, 0) is 67.3 Å². The van der Waals surface area contributed by atoms with Crippen LogP contribution in [-0.4, -0.2) is 63.8 Å². The molecule has 4 rings (SSSR count). The molecular weight excluding hydrogens is 408 g/mol. The lowest BCUT2D eigenvalue weighted by atomic mass is 9.98. The molecule has 0 aliphatic carbocycles. The number of fused-ring (bicyclic) bond motifs is 1. The molecule has 1 fully saturated rings. The van der Waals surface area contributed by atoms with E-state index in [-0.39, 0.29) is 11.9 Å². The van der Waals surface area contributed by atoms with Gasteiger partial charge in [-0.3, -0.25) is 9.69 Å². The zero-order valence-corrected chi connectivity index (χ0v) is 19.3. The zero-order chi connectivity index (χ0) is 22.7. The Morgan fingerprint density at radius 2 is 1.62 bits per heavy atom. The highest BCUT2D eigenvalue weighted by molar-refractivity contribution is 5.79. The molecule has 2 aliphatic heterocycles. The summed E-state index contributed by atoms with van der Waals surface area (Å²) in [5, 5.41) is 0. The summed E-state index contributed by atoms with van der Waals surface area (Å²) in [6.45, 7) is 2.59. The van der Waals surface area contributed by atoms with Crippen molar-refractivity contribution in [1.29, 1.82) is 0 Å². The molecule has 0 N–H and O–H groups in total. The van der Waals surface area contributed by atoms with Gasteiger partial charge in [-0.25, -0.2) is 0 Å². The Morgan fingerprint density at radius 3 is 2.31 bits per heavy atom. The molecule has 0 radical (unpaired) electrons. The van der Waals surface area contributed by atoms with Crippen LogP contribution < -0.4 is 18.9 Å². The number of hydrogen-bond donors (Lipinski definition) is 0. The summed E-state index contributed by atoms with van der Waals surface area (Å²) in [6, 6.07) is 10.0. The van der Waals surface area contributed by atoms with Crippen LogP contribution in [0, 0.1) is 0 Å². The molecule has 0 bridgehead atoms. The fourth-order valence-electron chi connectivity index (χ4n) is 4.84. The molecule has 172 valence electrons. The van der Waals surface area contributed by atoms with E-state index in [1.807, 2.05) is 35.2 Å². The fraction of sp³-hybridized carbons (Fsp3) is 0.480. The van der Waals surface area contributed by atoms with E-state index in [1.165, 1.54) is 5.56 Å². The molecule has 7 heteroatoms. The van der Waals surface area contributed by atoms with Crippen molar-refractivity contribution in [2.75, 3.05) is 48.1 Å². The van der Waals surface area contributed by atoms with E-state index in [4.69, 9.17) is 18.9 Å². The number of rotatable bonds is 7. The molecule has 7 nitrogen and oxygen atoms in total. The van der Waals surface area contributed by atoms with Crippen molar-refractivity contribution >= 4 is 5.91 Å². The van der Waals surface area contributed by atoms with E-state index in [0.29, 0.717) is 25.4 Å². The Bertz CT molecular complexity index is 977. The van der Waals surface area contributed by atoms with Gasteiger partial charge in [-0.1, -0.05) is 0 Å². The zero-order valence-electron chi connectivity index (χ0n) is 19.3. The second kappa shape index (κ2) is 9.69. The van der Waals surface area contributed by atoms with Gasteiger partial charge in [0.1, 0.15) is 11.5 Å². The van der Waals surface area contributed by atoms with Gasteiger partial charge in [0.15, 0.2) is 11.5 Å². The van der Waals surface area contributed by atoms with E-state index < -0.39 is 0 Å². The van der Waals surface area contributed by atoms with Crippen LogP contribution in [-0.2, 0) is 17.8 Å². The molecular formula is C25H32N2O5. The highest BCUT2D eigenvalue weighted by atomic mass is 16.5. The van der Waals surface area contributed by atoms with Crippen LogP contribution in [0.5, 0.6) is 23.0 Å². The number of amides is 1. The summed E-state index contributed by atoms with van der Waals surface area (Å²) in [4.78, 5) is 17.5. The first-order valence-electron chi connectivity index (χ1n) is 11.1. The largest absolute Gasteiger partial charge is 0.497 e. The first kappa shape index (κ1) is 22.3. The Labute approximate surface area is 189 Å². The van der Waals surface area contributed by atoms with Crippen LogP contribution >= 0.6 is 0 Å². The van der Waals surface area contributed by atoms with E-state index >= 15 is 0 Å². The monoisotopic (exact) mass is 440 g/mol. The van der Waals surface area contributed by atoms with E-state index in [2.05, 4.69) is 4.90 Å². The quantitative estimate of drug-likeness (QED) is 0.657. The molecule has 0 saturated carbocycles. The minimum atomic E-state index is 0.144.